The molecule has 0 atom stereocenters. The Balaban J connectivity index is 1.65. The minimum atomic E-state index is -0.347. The van der Waals surface area contributed by atoms with Crippen LogP contribution in [0, 0.1) is 5.82 Å². The minimum absolute atomic E-state index is 0.182. The summed E-state index contributed by atoms with van der Waals surface area (Å²) in [7, 11) is 2.16. The zero-order chi connectivity index (χ0) is 13.7. The summed E-state index contributed by atoms with van der Waals surface area (Å²) in [5.74, 6) is -0.347. The van der Waals surface area contributed by atoms with Crippen LogP contribution in [0.5, 0.6) is 0 Å². The second-order valence-corrected chi connectivity index (χ2v) is 5.48. The summed E-state index contributed by atoms with van der Waals surface area (Å²) in [6.45, 7) is 7.20. The predicted octanol–water partition coefficient (Wildman–Crippen LogP) is 1.82. The lowest BCUT2D eigenvalue weighted by molar-refractivity contribution is 0.154. The Bertz CT molecular complexity index is 406. The van der Waals surface area contributed by atoms with E-state index in [1.165, 1.54) is 6.07 Å². The topological polar surface area (TPSA) is 18.5 Å². The molecular formula is C14H21ClFN3. The van der Waals surface area contributed by atoms with Crippen molar-refractivity contribution in [1.82, 2.24) is 15.1 Å². The number of rotatable bonds is 5. The van der Waals surface area contributed by atoms with Crippen LogP contribution in [-0.4, -0.2) is 56.1 Å². The highest BCUT2D eigenvalue weighted by Gasteiger charge is 2.12. The van der Waals surface area contributed by atoms with Crippen LogP contribution >= 0.6 is 11.6 Å². The molecule has 1 heterocycles. The average Bonchev–Trinajstić information content (AvgIpc) is 2.41. The van der Waals surface area contributed by atoms with Crippen molar-refractivity contribution in [1.29, 1.82) is 0 Å². The zero-order valence-corrected chi connectivity index (χ0v) is 12.1. The first-order chi connectivity index (χ1) is 9.15. The molecule has 1 aromatic carbocycles. The van der Waals surface area contributed by atoms with Gasteiger partial charge in [0.05, 0.1) is 5.02 Å². The van der Waals surface area contributed by atoms with E-state index in [9.17, 15) is 4.39 Å². The van der Waals surface area contributed by atoms with E-state index in [1.807, 2.05) is 6.07 Å². The van der Waals surface area contributed by atoms with Crippen LogP contribution in [0.1, 0.15) is 5.56 Å². The van der Waals surface area contributed by atoms with E-state index in [1.54, 1.807) is 6.07 Å². The molecule has 0 unspecified atom stereocenters. The Kier molecular flexibility index (Phi) is 5.58. The molecule has 106 valence electrons. The van der Waals surface area contributed by atoms with Crippen molar-refractivity contribution in [3.63, 3.8) is 0 Å². The Morgan fingerprint density at radius 3 is 2.68 bits per heavy atom. The van der Waals surface area contributed by atoms with Crippen LogP contribution in [0.3, 0.4) is 0 Å². The van der Waals surface area contributed by atoms with Gasteiger partial charge in [0.15, 0.2) is 0 Å². The lowest BCUT2D eigenvalue weighted by atomic mass is 10.2. The molecule has 5 heteroatoms. The fraction of sp³-hybridized carbons (Fsp3) is 0.571. The predicted molar refractivity (Wildman–Crippen MR) is 77.1 cm³/mol. The van der Waals surface area contributed by atoms with Crippen LogP contribution in [0.15, 0.2) is 18.2 Å². The fourth-order valence-electron chi connectivity index (χ4n) is 2.19. The van der Waals surface area contributed by atoms with Gasteiger partial charge in [-0.25, -0.2) is 4.39 Å². The third-order valence-corrected chi connectivity index (χ3v) is 3.82. The molecule has 1 aliphatic heterocycles. The highest BCUT2D eigenvalue weighted by molar-refractivity contribution is 6.30. The summed E-state index contributed by atoms with van der Waals surface area (Å²) >= 11 is 5.65. The molecule has 3 nitrogen and oxygen atoms in total. The van der Waals surface area contributed by atoms with E-state index in [0.717, 1.165) is 44.8 Å². The molecular weight excluding hydrogens is 265 g/mol. The maximum atomic E-state index is 13.2. The van der Waals surface area contributed by atoms with Crippen molar-refractivity contribution in [3.05, 3.63) is 34.6 Å². The normalized spacial score (nSPS) is 17.8. The quantitative estimate of drug-likeness (QED) is 0.833. The maximum absolute atomic E-state index is 13.2. The lowest BCUT2D eigenvalue weighted by Crippen LogP contribution is -2.46. The molecule has 0 saturated carbocycles. The fourth-order valence-corrected chi connectivity index (χ4v) is 2.31. The van der Waals surface area contributed by atoms with Gasteiger partial charge in [-0.3, -0.25) is 4.90 Å². The van der Waals surface area contributed by atoms with Crippen molar-refractivity contribution < 1.29 is 4.39 Å². The smallest absolute Gasteiger partial charge is 0.142 e. The van der Waals surface area contributed by atoms with Crippen LogP contribution in [-0.2, 0) is 6.54 Å². The molecule has 2 rings (SSSR count). The first-order valence-electron chi connectivity index (χ1n) is 6.71. The van der Waals surface area contributed by atoms with Crippen molar-refractivity contribution in [2.24, 2.45) is 0 Å². The standard InChI is InChI=1S/C14H21ClFN3/c1-18-6-8-19(9-7-18)5-4-17-11-12-2-3-13(15)14(16)10-12/h2-3,10,17H,4-9,11H2,1H3. The highest BCUT2D eigenvalue weighted by atomic mass is 35.5. The zero-order valence-electron chi connectivity index (χ0n) is 11.3. The highest BCUT2D eigenvalue weighted by Crippen LogP contribution is 2.15. The van der Waals surface area contributed by atoms with Crippen LogP contribution in [0.4, 0.5) is 4.39 Å². The molecule has 1 aliphatic rings. The van der Waals surface area contributed by atoms with Gasteiger partial charge < -0.3 is 10.2 Å². The van der Waals surface area contributed by atoms with Gasteiger partial charge in [-0.1, -0.05) is 17.7 Å². The Morgan fingerprint density at radius 2 is 2.00 bits per heavy atom. The van der Waals surface area contributed by atoms with Crippen molar-refractivity contribution in [2.75, 3.05) is 46.3 Å². The number of hydrogen-bond acceptors (Lipinski definition) is 3. The Morgan fingerprint density at radius 1 is 1.26 bits per heavy atom. The van der Waals surface area contributed by atoms with Crippen LogP contribution in [0.2, 0.25) is 5.02 Å². The number of piperazine rings is 1. The number of hydrogen-bond donors (Lipinski definition) is 1. The van der Waals surface area contributed by atoms with E-state index in [4.69, 9.17) is 11.6 Å². The van der Waals surface area contributed by atoms with E-state index in [0.29, 0.717) is 6.54 Å². The van der Waals surface area contributed by atoms with Gasteiger partial charge in [0, 0.05) is 45.8 Å². The Hall–Kier alpha value is -0.680. The number of nitrogens with zero attached hydrogens (tertiary/aromatic N) is 2. The molecule has 1 N–H and O–H groups in total. The molecule has 0 spiro atoms. The van der Waals surface area contributed by atoms with Crippen molar-refractivity contribution >= 4 is 11.6 Å². The lowest BCUT2D eigenvalue weighted by Gasteiger charge is -2.32. The van der Waals surface area contributed by atoms with Gasteiger partial charge in [0.1, 0.15) is 5.82 Å². The molecule has 1 saturated heterocycles. The third-order valence-electron chi connectivity index (χ3n) is 3.51. The van der Waals surface area contributed by atoms with Crippen LogP contribution in [0.25, 0.3) is 0 Å². The van der Waals surface area contributed by atoms with Gasteiger partial charge in [-0.2, -0.15) is 0 Å². The Labute approximate surface area is 119 Å². The monoisotopic (exact) mass is 285 g/mol. The van der Waals surface area contributed by atoms with Gasteiger partial charge in [0.25, 0.3) is 0 Å². The molecule has 0 amide bonds. The van der Waals surface area contributed by atoms with Gasteiger partial charge in [0.2, 0.25) is 0 Å². The summed E-state index contributed by atoms with van der Waals surface area (Å²) in [6.07, 6.45) is 0. The molecule has 0 aromatic heterocycles. The summed E-state index contributed by atoms with van der Waals surface area (Å²) < 4.78 is 13.2. The molecule has 1 fully saturated rings. The summed E-state index contributed by atoms with van der Waals surface area (Å²) in [5.41, 5.74) is 0.931. The molecule has 0 radical (unpaired) electrons. The SMILES string of the molecule is CN1CCN(CCNCc2ccc(Cl)c(F)c2)CC1. The number of likely N-dealkylation sites (N-methyl/N-ethyl adjacent to an activating group) is 1. The summed E-state index contributed by atoms with van der Waals surface area (Å²) in [4.78, 5) is 4.80. The van der Waals surface area contributed by atoms with E-state index >= 15 is 0 Å². The second-order valence-electron chi connectivity index (χ2n) is 5.07. The van der Waals surface area contributed by atoms with Gasteiger partial charge in [-0.05, 0) is 24.7 Å². The van der Waals surface area contributed by atoms with Gasteiger partial charge in [-0.15, -0.1) is 0 Å². The number of benzene rings is 1. The van der Waals surface area contributed by atoms with Crippen LogP contribution < -0.4 is 5.32 Å². The van der Waals surface area contributed by atoms with Crippen molar-refractivity contribution in [2.45, 2.75) is 6.54 Å². The first-order valence-corrected chi connectivity index (χ1v) is 7.08. The van der Waals surface area contributed by atoms with Crippen molar-refractivity contribution in [3.8, 4) is 0 Å². The summed E-state index contributed by atoms with van der Waals surface area (Å²) in [5, 5.41) is 3.52. The summed E-state index contributed by atoms with van der Waals surface area (Å²) in [6, 6.07) is 4.95. The minimum Gasteiger partial charge on any atom is -0.311 e. The molecule has 0 bridgehead atoms. The number of nitrogens with one attached hydrogen (secondary N) is 1. The molecule has 19 heavy (non-hydrogen) atoms. The average molecular weight is 286 g/mol. The van der Waals surface area contributed by atoms with E-state index < -0.39 is 0 Å². The van der Waals surface area contributed by atoms with Gasteiger partial charge >= 0.3 is 0 Å². The number of halogens is 2. The molecule has 1 aromatic rings. The third kappa shape index (κ3) is 4.73. The van der Waals surface area contributed by atoms with E-state index in [-0.39, 0.29) is 10.8 Å². The van der Waals surface area contributed by atoms with E-state index in [2.05, 4.69) is 22.2 Å². The largest absolute Gasteiger partial charge is 0.311 e. The first kappa shape index (κ1) is 14.7. The molecule has 0 aliphatic carbocycles. The maximum Gasteiger partial charge on any atom is 0.142 e. The second kappa shape index (κ2) is 7.20.